The number of tetrazole rings is 1. The number of halogens is 1. The highest BCUT2D eigenvalue weighted by molar-refractivity contribution is 6.30. The second-order valence-electron chi connectivity index (χ2n) is 8.92. The molecule has 1 atom stereocenters. The Morgan fingerprint density at radius 3 is 2.57 bits per heavy atom. The van der Waals surface area contributed by atoms with E-state index in [0.717, 1.165) is 31.2 Å². The van der Waals surface area contributed by atoms with Crippen LogP contribution in [0.1, 0.15) is 43.0 Å². The number of amides is 2. The van der Waals surface area contributed by atoms with Crippen LogP contribution in [0.5, 0.6) is 0 Å². The van der Waals surface area contributed by atoms with E-state index in [1.54, 1.807) is 60.9 Å². The van der Waals surface area contributed by atoms with Gasteiger partial charge in [0, 0.05) is 29.0 Å². The van der Waals surface area contributed by atoms with Gasteiger partial charge in [-0.25, -0.2) is 0 Å². The van der Waals surface area contributed by atoms with Crippen molar-refractivity contribution in [3.8, 4) is 11.4 Å². The third-order valence-electron chi connectivity index (χ3n) is 6.34. The Kier molecular flexibility index (Phi) is 7.55. The lowest BCUT2D eigenvalue weighted by Gasteiger charge is -2.31. The van der Waals surface area contributed by atoms with Gasteiger partial charge < -0.3 is 14.6 Å². The molecule has 0 aliphatic heterocycles. The third-order valence-corrected chi connectivity index (χ3v) is 6.59. The molecule has 11 heteroatoms. The van der Waals surface area contributed by atoms with Crippen LogP contribution in [0.4, 0.5) is 0 Å². The van der Waals surface area contributed by atoms with Crippen molar-refractivity contribution in [2.24, 2.45) is 0 Å². The van der Waals surface area contributed by atoms with Crippen molar-refractivity contribution in [3.05, 3.63) is 83.5 Å². The van der Waals surface area contributed by atoms with E-state index in [1.165, 1.54) is 16.0 Å². The molecule has 3 heterocycles. The fourth-order valence-corrected chi connectivity index (χ4v) is 4.63. The van der Waals surface area contributed by atoms with Crippen molar-refractivity contribution in [3.63, 3.8) is 0 Å². The van der Waals surface area contributed by atoms with Crippen molar-refractivity contribution >= 4 is 23.4 Å². The maximum absolute atomic E-state index is 13.7. The fraction of sp³-hybridized carbons (Fsp3) is 0.308. The number of benzene rings is 1. The highest BCUT2D eigenvalue weighted by Gasteiger charge is 2.34. The van der Waals surface area contributed by atoms with E-state index in [-0.39, 0.29) is 30.9 Å². The molecule has 1 N–H and O–H groups in total. The Balaban J connectivity index is 1.43. The number of rotatable bonds is 9. The van der Waals surface area contributed by atoms with Crippen LogP contribution in [0.3, 0.4) is 0 Å². The maximum Gasteiger partial charge on any atom is 0.247 e. The molecule has 1 unspecified atom stereocenters. The summed E-state index contributed by atoms with van der Waals surface area (Å²) in [5.74, 6) is 0.312. The van der Waals surface area contributed by atoms with Crippen molar-refractivity contribution < 1.29 is 14.0 Å². The zero-order valence-electron chi connectivity index (χ0n) is 20.0. The highest BCUT2D eigenvalue weighted by Crippen LogP contribution is 2.26. The Hall–Kier alpha value is -4.05. The molecule has 0 saturated heterocycles. The lowest BCUT2D eigenvalue weighted by molar-refractivity contribution is -0.143. The lowest BCUT2D eigenvalue weighted by Crippen LogP contribution is -2.46. The van der Waals surface area contributed by atoms with E-state index in [9.17, 15) is 9.59 Å². The van der Waals surface area contributed by atoms with Crippen LogP contribution in [0, 0.1) is 0 Å². The van der Waals surface area contributed by atoms with Crippen LogP contribution >= 0.6 is 11.6 Å². The molecule has 1 aliphatic carbocycles. The zero-order valence-corrected chi connectivity index (χ0v) is 20.8. The van der Waals surface area contributed by atoms with Crippen molar-refractivity contribution in [2.45, 2.75) is 50.9 Å². The fourth-order valence-electron chi connectivity index (χ4n) is 4.50. The van der Waals surface area contributed by atoms with Crippen molar-refractivity contribution in [1.82, 2.24) is 35.4 Å². The Morgan fingerprint density at radius 2 is 1.86 bits per heavy atom. The topological polar surface area (TPSA) is 119 Å². The summed E-state index contributed by atoms with van der Waals surface area (Å²) in [5.41, 5.74) is 1.37. The van der Waals surface area contributed by atoms with Crippen molar-refractivity contribution in [1.29, 1.82) is 0 Å². The number of nitrogens with zero attached hydrogens (tertiary/aromatic N) is 6. The minimum Gasteiger partial charge on any atom is -0.467 e. The van der Waals surface area contributed by atoms with Gasteiger partial charge in [-0.1, -0.05) is 24.4 Å². The molecule has 1 saturated carbocycles. The first-order valence-electron chi connectivity index (χ1n) is 12.1. The molecule has 0 spiro atoms. The number of aromatic nitrogens is 5. The van der Waals surface area contributed by atoms with Gasteiger partial charge in [0.25, 0.3) is 0 Å². The molecular weight excluding hydrogens is 494 g/mol. The summed E-state index contributed by atoms with van der Waals surface area (Å²) < 4.78 is 5.54. The van der Waals surface area contributed by atoms with Crippen LogP contribution < -0.4 is 5.32 Å². The van der Waals surface area contributed by atoms with Gasteiger partial charge in [0.05, 0.1) is 12.8 Å². The molecule has 4 aromatic rings. The molecular formula is C26H26ClN7O3. The number of pyridine rings is 1. The minimum atomic E-state index is -0.888. The summed E-state index contributed by atoms with van der Waals surface area (Å²) in [4.78, 5) is 34.1. The molecule has 5 rings (SSSR count). The molecule has 10 nitrogen and oxygen atoms in total. The average molecular weight is 520 g/mol. The number of nitrogens with one attached hydrogen (secondary N) is 1. The summed E-state index contributed by atoms with van der Waals surface area (Å²) in [6.07, 6.45) is 8.77. The molecule has 190 valence electrons. The zero-order chi connectivity index (χ0) is 25.6. The molecule has 1 aliphatic rings. The lowest BCUT2D eigenvalue weighted by atomic mass is 10.0. The van der Waals surface area contributed by atoms with E-state index in [1.807, 2.05) is 0 Å². The van der Waals surface area contributed by atoms with Crippen LogP contribution in [0.2, 0.25) is 5.02 Å². The summed E-state index contributed by atoms with van der Waals surface area (Å²) in [6, 6.07) is 13.2. The molecule has 37 heavy (non-hydrogen) atoms. The Bertz CT molecular complexity index is 1320. The van der Waals surface area contributed by atoms with Crippen LogP contribution in [0.15, 0.2) is 71.6 Å². The average Bonchev–Trinajstić information content (AvgIpc) is 3.69. The molecule has 1 aromatic carbocycles. The number of hydrogen-bond acceptors (Lipinski definition) is 7. The van der Waals surface area contributed by atoms with E-state index in [4.69, 9.17) is 16.0 Å². The van der Waals surface area contributed by atoms with Gasteiger partial charge in [-0.3, -0.25) is 14.6 Å². The summed E-state index contributed by atoms with van der Waals surface area (Å²) in [7, 11) is 0. The number of hydrogen-bond donors (Lipinski definition) is 1. The van der Waals surface area contributed by atoms with Crippen molar-refractivity contribution in [2.75, 3.05) is 0 Å². The first-order valence-corrected chi connectivity index (χ1v) is 12.5. The standard InChI is InChI=1S/C26H26ClN7O3/c27-20-9-7-19(8-10-20)25-30-32-34(31-25)17-23(35)33(16-22-6-3-15-37-22)24(18-11-13-28-14-12-18)26(36)29-21-4-1-2-5-21/h3,6-15,21,24H,1-2,4-5,16-17H2,(H,29,36). The van der Waals surface area contributed by atoms with E-state index in [2.05, 4.69) is 25.7 Å². The van der Waals surface area contributed by atoms with Gasteiger partial charge in [-0.2, -0.15) is 4.80 Å². The van der Waals surface area contributed by atoms with Gasteiger partial charge in [0.15, 0.2) is 0 Å². The molecule has 2 amide bonds. The highest BCUT2D eigenvalue weighted by atomic mass is 35.5. The first kappa shape index (κ1) is 24.6. The smallest absolute Gasteiger partial charge is 0.247 e. The summed E-state index contributed by atoms with van der Waals surface area (Å²) in [5, 5.41) is 16.2. The summed E-state index contributed by atoms with van der Waals surface area (Å²) >= 11 is 5.97. The van der Waals surface area contributed by atoms with Crippen LogP contribution in [-0.4, -0.2) is 47.9 Å². The number of carbonyl (C=O) groups excluding carboxylic acids is 2. The molecule has 0 bridgehead atoms. The predicted molar refractivity (Wildman–Crippen MR) is 135 cm³/mol. The molecule has 0 radical (unpaired) electrons. The minimum absolute atomic E-state index is 0.0929. The molecule has 1 fully saturated rings. The second kappa shape index (κ2) is 11.3. The van der Waals surface area contributed by atoms with E-state index < -0.39 is 6.04 Å². The van der Waals surface area contributed by atoms with Gasteiger partial charge >= 0.3 is 0 Å². The maximum atomic E-state index is 13.7. The Morgan fingerprint density at radius 1 is 1.11 bits per heavy atom. The van der Waals surface area contributed by atoms with Gasteiger partial charge in [0.1, 0.15) is 18.3 Å². The van der Waals surface area contributed by atoms with E-state index >= 15 is 0 Å². The normalized spacial score (nSPS) is 14.4. The number of furan rings is 1. The predicted octanol–water partition coefficient (Wildman–Crippen LogP) is 3.81. The molecule has 3 aromatic heterocycles. The van der Waals surface area contributed by atoms with Gasteiger partial charge in [-0.05, 0) is 72.1 Å². The van der Waals surface area contributed by atoms with Gasteiger partial charge in [-0.15, -0.1) is 10.2 Å². The monoisotopic (exact) mass is 519 g/mol. The van der Waals surface area contributed by atoms with Gasteiger partial charge in [0.2, 0.25) is 17.6 Å². The quantitative estimate of drug-likeness (QED) is 0.357. The SMILES string of the molecule is O=C(NC1CCCC1)C(c1ccncc1)N(Cc1ccco1)C(=O)Cn1nnc(-c2ccc(Cl)cc2)n1. The van der Waals surface area contributed by atoms with E-state index in [0.29, 0.717) is 22.2 Å². The summed E-state index contributed by atoms with van der Waals surface area (Å²) in [6.45, 7) is -0.116. The number of carbonyl (C=O) groups is 2. The largest absolute Gasteiger partial charge is 0.467 e. The Labute approximate surface area is 218 Å². The first-order chi connectivity index (χ1) is 18.1. The third kappa shape index (κ3) is 6.03. The van der Waals surface area contributed by atoms with Crippen LogP contribution in [0.25, 0.3) is 11.4 Å². The van der Waals surface area contributed by atoms with Crippen LogP contribution in [-0.2, 0) is 22.7 Å². The second-order valence-corrected chi connectivity index (χ2v) is 9.36.